The van der Waals surface area contributed by atoms with Gasteiger partial charge in [-0.2, -0.15) is 0 Å². The van der Waals surface area contributed by atoms with Gasteiger partial charge in [-0.3, -0.25) is 4.90 Å². The number of morpholine rings is 1. The van der Waals surface area contributed by atoms with E-state index in [1.54, 1.807) is 0 Å². The molecule has 0 saturated carbocycles. The molecule has 2 nitrogen and oxygen atoms in total. The Morgan fingerprint density at radius 3 is 2.19 bits per heavy atom. The molecule has 2 unspecified atom stereocenters. The average molecular weight is 290 g/mol. The van der Waals surface area contributed by atoms with E-state index in [0.717, 1.165) is 18.4 Å². The molecule has 2 aliphatic rings. The number of ether oxygens (including phenoxy) is 1. The number of likely N-dealkylation sites (tertiary alicyclic amines) is 1. The second kappa shape index (κ2) is 5.36. The van der Waals surface area contributed by atoms with Crippen molar-refractivity contribution in [2.24, 2.45) is 5.41 Å². The Morgan fingerprint density at radius 1 is 1.19 bits per heavy atom. The van der Waals surface area contributed by atoms with Crippen LogP contribution in [0.1, 0.15) is 39.5 Å². The molecule has 2 aliphatic heterocycles. The molecular formula is C13H24BrNO. The first kappa shape index (κ1) is 12.8. The Labute approximate surface area is 108 Å². The van der Waals surface area contributed by atoms with Crippen LogP contribution in [0, 0.1) is 5.41 Å². The topological polar surface area (TPSA) is 12.5 Å². The molecule has 0 N–H and O–H groups in total. The minimum Gasteiger partial charge on any atom is -0.372 e. The van der Waals surface area contributed by atoms with Crippen LogP contribution in [0.15, 0.2) is 0 Å². The maximum atomic E-state index is 5.89. The monoisotopic (exact) mass is 289 g/mol. The summed E-state index contributed by atoms with van der Waals surface area (Å²) in [7, 11) is 0. The lowest BCUT2D eigenvalue weighted by Crippen LogP contribution is -2.48. The maximum Gasteiger partial charge on any atom is 0.0707 e. The molecule has 2 fully saturated rings. The summed E-state index contributed by atoms with van der Waals surface area (Å²) >= 11 is 3.71. The van der Waals surface area contributed by atoms with E-state index in [1.165, 1.54) is 32.2 Å². The number of hydrogen-bond acceptors (Lipinski definition) is 2. The molecule has 0 aromatic rings. The number of nitrogens with zero attached hydrogens (tertiary/aromatic N) is 1. The fourth-order valence-corrected chi connectivity index (χ4v) is 3.98. The minimum atomic E-state index is 0.469. The third kappa shape index (κ3) is 2.62. The number of fused-ring (bicyclic) bond motifs is 2. The summed E-state index contributed by atoms with van der Waals surface area (Å²) in [5, 5.41) is 1.12. The Balaban J connectivity index is 1.93. The van der Waals surface area contributed by atoms with Gasteiger partial charge in [0.15, 0.2) is 0 Å². The molecule has 2 saturated heterocycles. The number of rotatable bonds is 5. The third-order valence-corrected chi connectivity index (χ3v) is 5.65. The van der Waals surface area contributed by atoms with Gasteiger partial charge in [0.1, 0.15) is 0 Å². The lowest BCUT2D eigenvalue weighted by Gasteiger charge is -2.39. The molecule has 2 rings (SSSR count). The second-order valence-electron chi connectivity index (χ2n) is 5.49. The van der Waals surface area contributed by atoms with Crippen LogP contribution in [0.25, 0.3) is 0 Å². The van der Waals surface area contributed by atoms with Gasteiger partial charge < -0.3 is 4.74 Å². The highest BCUT2D eigenvalue weighted by Crippen LogP contribution is 2.33. The van der Waals surface area contributed by atoms with Gasteiger partial charge in [0, 0.05) is 25.0 Å². The van der Waals surface area contributed by atoms with Crippen molar-refractivity contribution in [1.82, 2.24) is 4.90 Å². The number of alkyl halides is 1. The van der Waals surface area contributed by atoms with E-state index >= 15 is 0 Å². The van der Waals surface area contributed by atoms with Crippen LogP contribution in [0.3, 0.4) is 0 Å². The Hall–Kier alpha value is 0.400. The average Bonchev–Trinajstić information content (AvgIpc) is 2.66. The van der Waals surface area contributed by atoms with Crippen molar-refractivity contribution in [2.75, 3.05) is 25.0 Å². The van der Waals surface area contributed by atoms with Crippen LogP contribution in [0.2, 0.25) is 0 Å². The predicted octanol–water partition coefficient (Wildman–Crippen LogP) is 3.05. The second-order valence-corrected chi connectivity index (χ2v) is 6.05. The fourth-order valence-electron chi connectivity index (χ4n) is 3.01. The van der Waals surface area contributed by atoms with E-state index < -0.39 is 0 Å². The van der Waals surface area contributed by atoms with E-state index in [-0.39, 0.29) is 0 Å². The van der Waals surface area contributed by atoms with Crippen LogP contribution in [0.4, 0.5) is 0 Å². The first-order valence-corrected chi connectivity index (χ1v) is 7.77. The fraction of sp³-hybridized carbons (Fsp3) is 1.00. The Kier molecular flexibility index (Phi) is 4.31. The van der Waals surface area contributed by atoms with Gasteiger partial charge in [-0.1, -0.05) is 29.8 Å². The van der Waals surface area contributed by atoms with Crippen molar-refractivity contribution in [3.63, 3.8) is 0 Å². The molecule has 0 amide bonds. The zero-order chi connectivity index (χ0) is 11.6. The molecular weight excluding hydrogens is 266 g/mol. The van der Waals surface area contributed by atoms with Crippen molar-refractivity contribution in [3.8, 4) is 0 Å². The largest absolute Gasteiger partial charge is 0.372 e. The summed E-state index contributed by atoms with van der Waals surface area (Å²) in [5.74, 6) is 0. The summed E-state index contributed by atoms with van der Waals surface area (Å²) in [4.78, 5) is 2.64. The van der Waals surface area contributed by atoms with Gasteiger partial charge in [-0.25, -0.2) is 0 Å². The first-order valence-electron chi connectivity index (χ1n) is 6.65. The predicted molar refractivity (Wildman–Crippen MR) is 71.1 cm³/mol. The molecule has 0 aromatic heterocycles. The zero-order valence-electron chi connectivity index (χ0n) is 10.5. The third-order valence-electron chi connectivity index (χ3n) is 4.46. The summed E-state index contributed by atoms with van der Waals surface area (Å²) in [6, 6.07) is 0. The molecule has 2 atom stereocenters. The van der Waals surface area contributed by atoms with Gasteiger partial charge in [-0.05, 0) is 31.1 Å². The van der Waals surface area contributed by atoms with Crippen LogP contribution in [-0.2, 0) is 4.74 Å². The lowest BCUT2D eigenvalue weighted by molar-refractivity contribution is -0.0493. The van der Waals surface area contributed by atoms with Gasteiger partial charge in [0.05, 0.1) is 12.2 Å². The van der Waals surface area contributed by atoms with Crippen LogP contribution in [0.5, 0.6) is 0 Å². The van der Waals surface area contributed by atoms with Crippen LogP contribution in [-0.4, -0.2) is 42.1 Å². The van der Waals surface area contributed by atoms with Crippen molar-refractivity contribution in [2.45, 2.75) is 51.7 Å². The van der Waals surface area contributed by atoms with Gasteiger partial charge >= 0.3 is 0 Å². The smallest absolute Gasteiger partial charge is 0.0707 e. The number of halogens is 1. The molecule has 2 bridgehead atoms. The maximum absolute atomic E-state index is 5.89. The highest BCUT2D eigenvalue weighted by molar-refractivity contribution is 9.09. The van der Waals surface area contributed by atoms with Gasteiger partial charge in [-0.15, -0.1) is 0 Å². The van der Waals surface area contributed by atoms with E-state index in [0.29, 0.717) is 17.6 Å². The molecule has 2 heterocycles. The summed E-state index contributed by atoms with van der Waals surface area (Å²) < 4.78 is 5.89. The molecule has 16 heavy (non-hydrogen) atoms. The van der Waals surface area contributed by atoms with E-state index in [4.69, 9.17) is 4.74 Å². The standard InChI is InChI=1S/C13H24BrNO/c1-3-13(4-2,9-14)10-15-7-11-5-6-12(8-15)16-11/h11-12H,3-10H2,1-2H3. The van der Waals surface area contributed by atoms with Gasteiger partial charge in [0.2, 0.25) is 0 Å². The minimum absolute atomic E-state index is 0.469. The van der Waals surface area contributed by atoms with E-state index in [9.17, 15) is 0 Å². The summed E-state index contributed by atoms with van der Waals surface area (Å²) in [5.41, 5.74) is 0.469. The molecule has 0 aliphatic carbocycles. The quantitative estimate of drug-likeness (QED) is 0.722. The van der Waals surface area contributed by atoms with Crippen molar-refractivity contribution in [3.05, 3.63) is 0 Å². The first-order chi connectivity index (χ1) is 7.71. The summed E-state index contributed by atoms with van der Waals surface area (Å²) in [6.07, 6.45) is 6.14. The summed E-state index contributed by atoms with van der Waals surface area (Å²) in [6.45, 7) is 8.19. The normalized spacial score (nSPS) is 30.9. The Morgan fingerprint density at radius 2 is 1.75 bits per heavy atom. The van der Waals surface area contributed by atoms with Crippen molar-refractivity contribution >= 4 is 15.9 Å². The molecule has 0 aromatic carbocycles. The molecule has 0 spiro atoms. The lowest BCUT2D eigenvalue weighted by atomic mass is 9.84. The molecule has 0 radical (unpaired) electrons. The molecule has 94 valence electrons. The molecule has 3 heteroatoms. The van der Waals surface area contributed by atoms with E-state index in [2.05, 4.69) is 34.7 Å². The van der Waals surface area contributed by atoms with E-state index in [1.807, 2.05) is 0 Å². The van der Waals surface area contributed by atoms with Gasteiger partial charge in [0.25, 0.3) is 0 Å². The number of hydrogen-bond donors (Lipinski definition) is 0. The van der Waals surface area contributed by atoms with Crippen molar-refractivity contribution < 1.29 is 4.74 Å². The zero-order valence-corrected chi connectivity index (χ0v) is 12.1. The van der Waals surface area contributed by atoms with Crippen LogP contribution < -0.4 is 0 Å². The highest BCUT2D eigenvalue weighted by atomic mass is 79.9. The Bertz CT molecular complexity index is 210. The van der Waals surface area contributed by atoms with Crippen LogP contribution >= 0.6 is 15.9 Å². The SMILES string of the molecule is CCC(CC)(CBr)CN1CC2CCC(C1)O2. The van der Waals surface area contributed by atoms with Crippen molar-refractivity contribution in [1.29, 1.82) is 0 Å². The highest BCUT2D eigenvalue weighted by Gasteiger charge is 2.36.